The standard InChI is InChI=1S/C18H25N3/c1-2-11-20-17(14-7-4-3-5-8-14)15-9-6-10-16-18(15)21-13-12-19-16/h6,9-10,12-14,17,20H,2-5,7-8,11H2,1H3. The van der Waals surface area contributed by atoms with Gasteiger partial charge in [0.05, 0.1) is 11.0 Å². The molecule has 3 nitrogen and oxygen atoms in total. The van der Waals surface area contributed by atoms with Crippen molar-refractivity contribution in [3.05, 3.63) is 36.2 Å². The number of benzene rings is 1. The van der Waals surface area contributed by atoms with E-state index in [1.807, 2.05) is 6.20 Å². The van der Waals surface area contributed by atoms with E-state index in [1.54, 1.807) is 6.20 Å². The maximum Gasteiger partial charge on any atom is 0.0934 e. The van der Waals surface area contributed by atoms with Gasteiger partial charge in [0, 0.05) is 18.4 Å². The van der Waals surface area contributed by atoms with E-state index in [0.29, 0.717) is 6.04 Å². The predicted molar refractivity (Wildman–Crippen MR) is 87.1 cm³/mol. The molecule has 0 amide bonds. The summed E-state index contributed by atoms with van der Waals surface area (Å²) in [6.07, 6.45) is 11.5. The summed E-state index contributed by atoms with van der Waals surface area (Å²) in [5.74, 6) is 0.734. The Labute approximate surface area is 127 Å². The fourth-order valence-electron chi connectivity index (χ4n) is 3.56. The van der Waals surface area contributed by atoms with Gasteiger partial charge in [0.2, 0.25) is 0 Å². The van der Waals surface area contributed by atoms with Gasteiger partial charge in [-0.1, -0.05) is 38.3 Å². The van der Waals surface area contributed by atoms with Crippen molar-refractivity contribution >= 4 is 11.0 Å². The summed E-state index contributed by atoms with van der Waals surface area (Å²) in [4.78, 5) is 9.06. The topological polar surface area (TPSA) is 37.8 Å². The molecule has 3 heteroatoms. The molecule has 0 bridgehead atoms. The lowest BCUT2D eigenvalue weighted by Gasteiger charge is -2.31. The first-order chi connectivity index (χ1) is 10.4. The largest absolute Gasteiger partial charge is 0.310 e. The number of nitrogens with one attached hydrogen (secondary N) is 1. The van der Waals surface area contributed by atoms with Gasteiger partial charge in [0.1, 0.15) is 0 Å². The van der Waals surface area contributed by atoms with Gasteiger partial charge in [0.15, 0.2) is 0 Å². The van der Waals surface area contributed by atoms with Gasteiger partial charge in [-0.05, 0) is 43.4 Å². The lowest BCUT2D eigenvalue weighted by Crippen LogP contribution is -2.30. The monoisotopic (exact) mass is 283 g/mol. The van der Waals surface area contributed by atoms with Crippen LogP contribution in [0.3, 0.4) is 0 Å². The highest BCUT2D eigenvalue weighted by Gasteiger charge is 2.26. The lowest BCUT2D eigenvalue weighted by atomic mass is 9.80. The highest BCUT2D eigenvalue weighted by atomic mass is 14.9. The summed E-state index contributed by atoms with van der Waals surface area (Å²) in [5, 5.41) is 3.78. The van der Waals surface area contributed by atoms with E-state index in [4.69, 9.17) is 0 Å². The van der Waals surface area contributed by atoms with Crippen molar-refractivity contribution in [2.24, 2.45) is 5.92 Å². The van der Waals surface area contributed by atoms with Gasteiger partial charge < -0.3 is 5.32 Å². The van der Waals surface area contributed by atoms with Crippen molar-refractivity contribution in [1.29, 1.82) is 0 Å². The third-order valence-electron chi connectivity index (χ3n) is 4.60. The van der Waals surface area contributed by atoms with Crippen molar-refractivity contribution in [1.82, 2.24) is 15.3 Å². The maximum absolute atomic E-state index is 4.60. The average Bonchev–Trinajstić information content (AvgIpc) is 2.56. The summed E-state index contributed by atoms with van der Waals surface area (Å²) >= 11 is 0. The van der Waals surface area contributed by atoms with Gasteiger partial charge in [-0.15, -0.1) is 0 Å². The van der Waals surface area contributed by atoms with Crippen molar-refractivity contribution in [3.63, 3.8) is 0 Å². The normalized spacial score (nSPS) is 18.0. The second-order valence-corrected chi connectivity index (χ2v) is 6.10. The van der Waals surface area contributed by atoms with Crippen molar-refractivity contribution < 1.29 is 0 Å². The second kappa shape index (κ2) is 6.99. The van der Waals surface area contributed by atoms with Crippen LogP contribution in [-0.2, 0) is 0 Å². The maximum atomic E-state index is 4.60. The Kier molecular flexibility index (Phi) is 4.81. The fourth-order valence-corrected chi connectivity index (χ4v) is 3.56. The van der Waals surface area contributed by atoms with Crippen molar-refractivity contribution in [3.8, 4) is 0 Å². The van der Waals surface area contributed by atoms with E-state index in [2.05, 4.69) is 40.4 Å². The first-order valence-electron chi connectivity index (χ1n) is 8.33. The zero-order chi connectivity index (χ0) is 14.5. The van der Waals surface area contributed by atoms with Crippen LogP contribution in [0.4, 0.5) is 0 Å². The summed E-state index contributed by atoms with van der Waals surface area (Å²) in [7, 11) is 0. The number of aromatic nitrogens is 2. The molecule has 0 saturated heterocycles. The molecule has 1 aromatic carbocycles. The Morgan fingerprint density at radius 1 is 1.14 bits per heavy atom. The minimum atomic E-state index is 0.422. The Morgan fingerprint density at radius 2 is 1.95 bits per heavy atom. The van der Waals surface area contributed by atoms with E-state index < -0.39 is 0 Å². The number of fused-ring (bicyclic) bond motifs is 1. The molecule has 1 aliphatic carbocycles. The average molecular weight is 283 g/mol. The highest BCUT2D eigenvalue weighted by molar-refractivity contribution is 5.78. The molecule has 1 aliphatic rings. The third kappa shape index (κ3) is 3.24. The van der Waals surface area contributed by atoms with Gasteiger partial charge in [-0.2, -0.15) is 0 Å². The molecule has 1 heterocycles. The van der Waals surface area contributed by atoms with Gasteiger partial charge in [0.25, 0.3) is 0 Å². The molecule has 1 fully saturated rings. The van der Waals surface area contributed by atoms with Crippen LogP contribution in [0.25, 0.3) is 11.0 Å². The molecule has 1 N–H and O–H groups in total. The first kappa shape index (κ1) is 14.5. The molecule has 1 unspecified atom stereocenters. The summed E-state index contributed by atoms with van der Waals surface area (Å²) in [6.45, 7) is 3.30. The molecule has 2 aromatic rings. The smallest absolute Gasteiger partial charge is 0.0934 e. The van der Waals surface area contributed by atoms with Crippen LogP contribution in [0.1, 0.15) is 57.1 Å². The zero-order valence-corrected chi connectivity index (χ0v) is 12.9. The quantitative estimate of drug-likeness (QED) is 0.891. The molecule has 0 radical (unpaired) electrons. The molecular weight excluding hydrogens is 258 g/mol. The summed E-state index contributed by atoms with van der Waals surface area (Å²) in [5.41, 5.74) is 3.41. The molecule has 21 heavy (non-hydrogen) atoms. The van der Waals surface area contributed by atoms with Crippen LogP contribution in [0, 0.1) is 5.92 Å². The van der Waals surface area contributed by atoms with Crippen LogP contribution in [0.2, 0.25) is 0 Å². The molecular formula is C18H25N3. The first-order valence-corrected chi connectivity index (χ1v) is 8.33. The van der Waals surface area contributed by atoms with E-state index in [1.165, 1.54) is 44.1 Å². The number of nitrogens with zero attached hydrogens (tertiary/aromatic N) is 2. The predicted octanol–water partition coefficient (Wildman–Crippen LogP) is 4.25. The summed E-state index contributed by atoms with van der Waals surface area (Å²) < 4.78 is 0. The summed E-state index contributed by atoms with van der Waals surface area (Å²) in [6, 6.07) is 6.84. The van der Waals surface area contributed by atoms with Gasteiger partial charge >= 0.3 is 0 Å². The third-order valence-corrected chi connectivity index (χ3v) is 4.60. The van der Waals surface area contributed by atoms with Gasteiger partial charge in [-0.25, -0.2) is 0 Å². The molecule has 1 atom stereocenters. The second-order valence-electron chi connectivity index (χ2n) is 6.10. The van der Waals surface area contributed by atoms with Crippen LogP contribution in [-0.4, -0.2) is 16.5 Å². The van der Waals surface area contributed by atoms with E-state index in [-0.39, 0.29) is 0 Å². The van der Waals surface area contributed by atoms with Crippen molar-refractivity contribution in [2.75, 3.05) is 6.54 Å². The van der Waals surface area contributed by atoms with Gasteiger partial charge in [-0.3, -0.25) is 9.97 Å². The number of para-hydroxylation sites is 1. The van der Waals surface area contributed by atoms with Crippen molar-refractivity contribution in [2.45, 2.75) is 51.5 Å². The Balaban J connectivity index is 1.96. The van der Waals surface area contributed by atoms with Crippen LogP contribution < -0.4 is 5.32 Å². The zero-order valence-electron chi connectivity index (χ0n) is 12.9. The minimum absolute atomic E-state index is 0.422. The van der Waals surface area contributed by atoms with Crippen LogP contribution in [0.15, 0.2) is 30.6 Å². The SMILES string of the molecule is CCCNC(c1cccc2nccnc12)C1CCCCC1. The fraction of sp³-hybridized carbons (Fsp3) is 0.556. The number of hydrogen-bond acceptors (Lipinski definition) is 3. The Bertz CT molecular complexity index is 570. The molecule has 1 saturated carbocycles. The molecule has 112 valence electrons. The number of hydrogen-bond donors (Lipinski definition) is 1. The number of rotatable bonds is 5. The molecule has 0 aliphatic heterocycles. The van der Waals surface area contributed by atoms with Crippen LogP contribution >= 0.6 is 0 Å². The highest BCUT2D eigenvalue weighted by Crippen LogP contribution is 2.36. The lowest BCUT2D eigenvalue weighted by molar-refractivity contribution is 0.273. The molecule has 1 aromatic heterocycles. The molecule has 3 rings (SSSR count). The van der Waals surface area contributed by atoms with E-state index in [0.717, 1.165) is 23.5 Å². The van der Waals surface area contributed by atoms with E-state index in [9.17, 15) is 0 Å². The minimum Gasteiger partial charge on any atom is -0.310 e. The van der Waals surface area contributed by atoms with Crippen LogP contribution in [0.5, 0.6) is 0 Å². The van der Waals surface area contributed by atoms with E-state index >= 15 is 0 Å². The molecule has 0 spiro atoms. The Hall–Kier alpha value is -1.48. The Morgan fingerprint density at radius 3 is 2.76 bits per heavy atom.